The average Bonchev–Trinajstić information content (AvgIpc) is 2.32. The Hall–Kier alpha value is -0.130. The maximum atomic E-state index is 12.2. The lowest BCUT2D eigenvalue weighted by Crippen LogP contribution is -2.35. The minimum Gasteiger partial charge on any atom is -0.317 e. The number of hydrogen-bond donors (Lipinski definition) is 1. The second-order valence-electron chi connectivity index (χ2n) is 5.44. The van der Waals surface area contributed by atoms with Gasteiger partial charge in [0, 0.05) is 13.1 Å². The molecule has 0 aromatic heterocycles. The fourth-order valence-electron chi connectivity index (χ4n) is 2.46. The Bertz CT molecular complexity index is 309. The monoisotopic (exact) mass is 290 g/mol. The number of unbranched alkanes of at least 4 members (excludes halogenated alkanes) is 1. The molecule has 0 atom stereocenters. The molecule has 1 fully saturated rings. The van der Waals surface area contributed by atoms with Crippen molar-refractivity contribution in [1.29, 1.82) is 0 Å². The Morgan fingerprint density at radius 3 is 2.21 bits per heavy atom. The maximum Gasteiger partial charge on any atom is 0.214 e. The van der Waals surface area contributed by atoms with Crippen molar-refractivity contribution in [3.8, 4) is 0 Å². The SMILES string of the molecule is CCCNCCCCS(=O)(=O)N1CCCCCCC1. The predicted molar refractivity (Wildman–Crippen MR) is 80.8 cm³/mol. The van der Waals surface area contributed by atoms with E-state index in [0.717, 1.165) is 58.3 Å². The van der Waals surface area contributed by atoms with Gasteiger partial charge in [-0.25, -0.2) is 12.7 Å². The third kappa shape index (κ3) is 7.28. The maximum absolute atomic E-state index is 12.2. The molecule has 5 heteroatoms. The minimum atomic E-state index is -3.01. The van der Waals surface area contributed by atoms with Crippen LogP contribution < -0.4 is 5.32 Å². The number of nitrogens with one attached hydrogen (secondary N) is 1. The van der Waals surface area contributed by atoms with E-state index in [0.29, 0.717) is 5.75 Å². The van der Waals surface area contributed by atoms with Crippen LogP contribution in [0, 0.1) is 0 Å². The first-order chi connectivity index (χ1) is 9.17. The molecule has 114 valence electrons. The van der Waals surface area contributed by atoms with E-state index >= 15 is 0 Å². The fraction of sp³-hybridized carbons (Fsp3) is 1.00. The molecule has 0 unspecified atom stereocenters. The van der Waals surface area contributed by atoms with Gasteiger partial charge in [0.1, 0.15) is 0 Å². The van der Waals surface area contributed by atoms with Crippen LogP contribution in [0.2, 0.25) is 0 Å². The molecule has 1 N–H and O–H groups in total. The summed E-state index contributed by atoms with van der Waals surface area (Å²) in [6.45, 7) is 5.56. The summed E-state index contributed by atoms with van der Waals surface area (Å²) in [5.74, 6) is 0.320. The Morgan fingerprint density at radius 1 is 0.947 bits per heavy atom. The number of rotatable bonds is 8. The largest absolute Gasteiger partial charge is 0.317 e. The van der Waals surface area contributed by atoms with Crippen LogP contribution in [0.15, 0.2) is 0 Å². The molecule has 1 heterocycles. The van der Waals surface area contributed by atoms with E-state index in [-0.39, 0.29) is 0 Å². The van der Waals surface area contributed by atoms with Crippen molar-refractivity contribution < 1.29 is 8.42 Å². The summed E-state index contributed by atoms with van der Waals surface area (Å²) < 4.78 is 26.2. The molecule has 4 nitrogen and oxygen atoms in total. The van der Waals surface area contributed by atoms with Crippen LogP contribution in [0.3, 0.4) is 0 Å². The van der Waals surface area contributed by atoms with Crippen LogP contribution in [0.25, 0.3) is 0 Å². The standard InChI is InChI=1S/C14H30N2O2S/c1-2-10-15-11-6-9-14-19(17,18)16-12-7-4-3-5-8-13-16/h15H,2-14H2,1H3. The quantitative estimate of drug-likeness (QED) is 0.698. The van der Waals surface area contributed by atoms with Crippen LogP contribution >= 0.6 is 0 Å². The van der Waals surface area contributed by atoms with E-state index in [2.05, 4.69) is 12.2 Å². The van der Waals surface area contributed by atoms with Crippen LogP contribution in [0.4, 0.5) is 0 Å². The van der Waals surface area contributed by atoms with Gasteiger partial charge in [0.2, 0.25) is 10.0 Å². The molecule has 19 heavy (non-hydrogen) atoms. The highest BCUT2D eigenvalue weighted by atomic mass is 32.2. The molecular formula is C14H30N2O2S. The third-order valence-corrected chi connectivity index (χ3v) is 5.60. The lowest BCUT2D eigenvalue weighted by atomic mass is 10.1. The van der Waals surface area contributed by atoms with Crippen molar-refractivity contribution >= 4 is 10.0 Å². The molecule has 0 bridgehead atoms. The molecule has 1 aliphatic rings. The zero-order chi connectivity index (χ0) is 14.0. The Balaban J connectivity index is 2.24. The van der Waals surface area contributed by atoms with Gasteiger partial charge >= 0.3 is 0 Å². The summed E-state index contributed by atoms with van der Waals surface area (Å²) in [7, 11) is -3.01. The van der Waals surface area contributed by atoms with Crippen molar-refractivity contribution in [2.24, 2.45) is 0 Å². The molecule has 0 amide bonds. The van der Waals surface area contributed by atoms with Gasteiger partial charge in [-0.3, -0.25) is 0 Å². The van der Waals surface area contributed by atoms with Gasteiger partial charge in [-0.05, 0) is 45.2 Å². The topological polar surface area (TPSA) is 49.4 Å². The zero-order valence-electron chi connectivity index (χ0n) is 12.4. The highest BCUT2D eigenvalue weighted by Crippen LogP contribution is 2.14. The van der Waals surface area contributed by atoms with Crippen molar-refractivity contribution in [3.63, 3.8) is 0 Å². The zero-order valence-corrected chi connectivity index (χ0v) is 13.2. The van der Waals surface area contributed by atoms with E-state index in [1.165, 1.54) is 19.3 Å². The molecule has 1 rings (SSSR count). The molecule has 0 spiro atoms. The van der Waals surface area contributed by atoms with Gasteiger partial charge in [0.05, 0.1) is 5.75 Å². The van der Waals surface area contributed by atoms with Gasteiger partial charge in [-0.1, -0.05) is 26.2 Å². The van der Waals surface area contributed by atoms with Gasteiger partial charge < -0.3 is 5.32 Å². The van der Waals surface area contributed by atoms with E-state index in [1.54, 1.807) is 4.31 Å². The Kier molecular flexibility index (Phi) is 8.66. The number of hydrogen-bond acceptors (Lipinski definition) is 3. The summed E-state index contributed by atoms with van der Waals surface area (Å²) in [5.41, 5.74) is 0. The first-order valence-corrected chi connectivity index (χ1v) is 9.46. The van der Waals surface area contributed by atoms with Crippen LogP contribution in [0.1, 0.15) is 58.3 Å². The third-order valence-electron chi connectivity index (χ3n) is 3.64. The lowest BCUT2D eigenvalue weighted by Gasteiger charge is -2.24. The number of sulfonamides is 1. The highest BCUT2D eigenvalue weighted by molar-refractivity contribution is 7.89. The normalized spacial score (nSPS) is 19.0. The molecule has 0 saturated carbocycles. The van der Waals surface area contributed by atoms with E-state index in [9.17, 15) is 8.42 Å². The fourth-order valence-corrected chi connectivity index (χ4v) is 4.10. The predicted octanol–water partition coefficient (Wildman–Crippen LogP) is 2.36. The molecule has 0 aliphatic carbocycles. The van der Waals surface area contributed by atoms with Gasteiger partial charge in [0.25, 0.3) is 0 Å². The molecule has 0 radical (unpaired) electrons. The smallest absolute Gasteiger partial charge is 0.214 e. The van der Waals surface area contributed by atoms with Crippen molar-refractivity contribution in [2.45, 2.75) is 58.3 Å². The summed E-state index contributed by atoms with van der Waals surface area (Å²) in [4.78, 5) is 0. The summed E-state index contributed by atoms with van der Waals surface area (Å²) >= 11 is 0. The summed E-state index contributed by atoms with van der Waals surface area (Å²) in [6.07, 6.45) is 8.51. The van der Waals surface area contributed by atoms with E-state index in [4.69, 9.17) is 0 Å². The highest BCUT2D eigenvalue weighted by Gasteiger charge is 2.21. The Labute approximate surface area is 119 Å². The first kappa shape index (κ1) is 16.9. The second kappa shape index (κ2) is 9.72. The molecule has 1 aliphatic heterocycles. The lowest BCUT2D eigenvalue weighted by molar-refractivity contribution is 0.363. The van der Waals surface area contributed by atoms with Crippen LogP contribution in [0.5, 0.6) is 0 Å². The molecule has 0 aromatic carbocycles. The van der Waals surface area contributed by atoms with Gasteiger partial charge in [-0.15, -0.1) is 0 Å². The number of nitrogens with zero attached hydrogens (tertiary/aromatic N) is 1. The van der Waals surface area contributed by atoms with Crippen molar-refractivity contribution in [3.05, 3.63) is 0 Å². The Morgan fingerprint density at radius 2 is 1.58 bits per heavy atom. The summed E-state index contributed by atoms with van der Waals surface area (Å²) in [5, 5.41) is 3.31. The van der Waals surface area contributed by atoms with Crippen LogP contribution in [-0.4, -0.2) is 44.7 Å². The van der Waals surface area contributed by atoms with E-state index < -0.39 is 10.0 Å². The molecule has 1 saturated heterocycles. The van der Waals surface area contributed by atoms with E-state index in [1.807, 2.05) is 0 Å². The second-order valence-corrected chi connectivity index (χ2v) is 7.53. The molecule has 0 aromatic rings. The first-order valence-electron chi connectivity index (χ1n) is 7.85. The average molecular weight is 290 g/mol. The minimum absolute atomic E-state index is 0.320. The summed E-state index contributed by atoms with van der Waals surface area (Å²) in [6, 6.07) is 0. The van der Waals surface area contributed by atoms with Crippen molar-refractivity contribution in [1.82, 2.24) is 9.62 Å². The molecular weight excluding hydrogens is 260 g/mol. The van der Waals surface area contributed by atoms with Gasteiger partial charge in [-0.2, -0.15) is 0 Å². The van der Waals surface area contributed by atoms with Crippen molar-refractivity contribution in [2.75, 3.05) is 31.9 Å². The van der Waals surface area contributed by atoms with Gasteiger partial charge in [0.15, 0.2) is 0 Å². The van der Waals surface area contributed by atoms with Crippen LogP contribution in [-0.2, 0) is 10.0 Å².